The molecule has 0 aliphatic rings. The fourth-order valence-corrected chi connectivity index (χ4v) is 2.45. The molecule has 6 nitrogen and oxygen atoms in total. The Hall–Kier alpha value is -3.00. The largest absolute Gasteiger partial charge is 0.497 e. The molecule has 0 aliphatic carbocycles. The summed E-state index contributed by atoms with van der Waals surface area (Å²) < 4.78 is 33.6. The number of nitrogens with two attached hydrogens (primary N) is 1. The molecule has 0 fully saturated rings. The lowest BCUT2D eigenvalue weighted by Gasteiger charge is -2.06. The number of carbonyl (C=O) groups is 1. The summed E-state index contributed by atoms with van der Waals surface area (Å²) >= 11 is 0. The van der Waals surface area contributed by atoms with Gasteiger partial charge in [-0.1, -0.05) is 6.07 Å². The fraction of sp³-hybridized carbons (Fsp3) is 0.125. The van der Waals surface area contributed by atoms with Gasteiger partial charge in [0.2, 0.25) is 0 Å². The third-order valence-corrected chi connectivity index (χ3v) is 3.64. The summed E-state index contributed by atoms with van der Waals surface area (Å²) in [5, 5.41) is 4.75. The van der Waals surface area contributed by atoms with Crippen molar-refractivity contribution in [3.8, 4) is 5.75 Å². The molecule has 0 aliphatic heterocycles. The molecule has 2 aromatic carbocycles. The molecule has 3 rings (SSSR count). The molecule has 1 heterocycles. The minimum Gasteiger partial charge on any atom is -0.497 e. The number of halogens is 2. The smallest absolute Gasteiger partial charge is 0.286 e. The second kappa shape index (κ2) is 6.25. The van der Waals surface area contributed by atoms with Crippen molar-refractivity contribution in [2.24, 2.45) is 5.84 Å². The molecule has 0 saturated heterocycles. The van der Waals surface area contributed by atoms with Crippen molar-refractivity contribution in [2.45, 2.75) is 6.54 Å². The van der Waals surface area contributed by atoms with E-state index >= 15 is 0 Å². The third-order valence-electron chi connectivity index (χ3n) is 3.64. The fourth-order valence-electron chi connectivity index (χ4n) is 2.45. The number of hydrazine groups is 1. The van der Waals surface area contributed by atoms with Crippen LogP contribution in [-0.2, 0) is 6.54 Å². The van der Waals surface area contributed by atoms with E-state index in [2.05, 4.69) is 5.10 Å². The van der Waals surface area contributed by atoms with Crippen LogP contribution in [0.2, 0.25) is 0 Å². The number of hydrogen-bond donors (Lipinski definition) is 2. The van der Waals surface area contributed by atoms with Crippen LogP contribution < -0.4 is 16.0 Å². The van der Waals surface area contributed by atoms with E-state index in [-0.39, 0.29) is 17.8 Å². The lowest BCUT2D eigenvalue weighted by Crippen LogP contribution is -2.30. The van der Waals surface area contributed by atoms with E-state index in [1.54, 1.807) is 18.2 Å². The number of fused-ring (bicyclic) bond motifs is 1. The minimum absolute atomic E-state index is 0.0215. The van der Waals surface area contributed by atoms with Crippen molar-refractivity contribution in [1.29, 1.82) is 0 Å². The lowest BCUT2D eigenvalue weighted by atomic mass is 10.2. The van der Waals surface area contributed by atoms with Crippen LogP contribution in [0.3, 0.4) is 0 Å². The lowest BCUT2D eigenvalue weighted by molar-refractivity contribution is 0.0949. The molecular weight excluding hydrogens is 318 g/mol. The maximum Gasteiger partial charge on any atom is 0.286 e. The highest BCUT2D eigenvalue weighted by molar-refractivity contribution is 6.04. The van der Waals surface area contributed by atoms with Crippen molar-refractivity contribution in [3.05, 3.63) is 59.3 Å². The summed E-state index contributed by atoms with van der Waals surface area (Å²) in [4.78, 5) is 11.9. The Kier molecular flexibility index (Phi) is 4.13. The molecule has 0 unspecified atom stereocenters. The van der Waals surface area contributed by atoms with E-state index < -0.39 is 17.5 Å². The van der Waals surface area contributed by atoms with Gasteiger partial charge in [0.05, 0.1) is 19.2 Å². The number of carbonyl (C=O) groups excluding carboxylic acids is 1. The highest BCUT2D eigenvalue weighted by atomic mass is 19.1. The second-order valence-electron chi connectivity index (χ2n) is 5.10. The van der Waals surface area contributed by atoms with Gasteiger partial charge in [-0.25, -0.2) is 14.6 Å². The number of nitrogen functional groups attached to an aromatic ring is 1. The first-order valence-corrected chi connectivity index (χ1v) is 7.03. The maximum absolute atomic E-state index is 13.9. The summed E-state index contributed by atoms with van der Waals surface area (Å²) in [6.45, 7) is 0.0215. The molecule has 1 aromatic heterocycles. The molecule has 24 heavy (non-hydrogen) atoms. The van der Waals surface area contributed by atoms with Crippen LogP contribution in [0.25, 0.3) is 10.9 Å². The minimum atomic E-state index is -0.689. The first kappa shape index (κ1) is 15.9. The number of ether oxygens (including phenoxy) is 1. The van der Waals surface area contributed by atoms with Gasteiger partial charge in [0.25, 0.3) is 5.91 Å². The average molecular weight is 332 g/mol. The number of aromatic nitrogens is 2. The van der Waals surface area contributed by atoms with Crippen LogP contribution in [0.15, 0.2) is 36.4 Å². The third kappa shape index (κ3) is 2.79. The van der Waals surface area contributed by atoms with Crippen molar-refractivity contribution in [1.82, 2.24) is 15.2 Å². The molecule has 0 saturated carbocycles. The monoisotopic (exact) mass is 332 g/mol. The predicted octanol–water partition coefficient (Wildman–Crippen LogP) is 1.97. The van der Waals surface area contributed by atoms with Gasteiger partial charge in [-0.2, -0.15) is 5.10 Å². The molecule has 3 aromatic rings. The van der Waals surface area contributed by atoms with Gasteiger partial charge < -0.3 is 4.74 Å². The quantitative estimate of drug-likeness (QED) is 0.435. The van der Waals surface area contributed by atoms with Crippen LogP contribution in [0, 0.1) is 11.6 Å². The Bertz CT molecular complexity index is 924. The van der Waals surface area contributed by atoms with Crippen molar-refractivity contribution in [2.75, 3.05) is 7.11 Å². The number of amides is 1. The topological polar surface area (TPSA) is 82.2 Å². The van der Waals surface area contributed by atoms with Gasteiger partial charge in [-0.15, -0.1) is 0 Å². The summed E-state index contributed by atoms with van der Waals surface area (Å²) in [5.74, 6) is 3.82. The Morgan fingerprint density at radius 1 is 1.29 bits per heavy atom. The normalized spacial score (nSPS) is 10.8. The number of methoxy groups -OCH3 is 1. The Morgan fingerprint density at radius 2 is 2.08 bits per heavy atom. The number of nitrogens with one attached hydrogen (secondary N) is 1. The Balaban J connectivity index is 2.13. The van der Waals surface area contributed by atoms with Gasteiger partial charge in [0.1, 0.15) is 17.4 Å². The molecule has 0 spiro atoms. The molecule has 3 N–H and O–H groups in total. The number of hydrogen-bond acceptors (Lipinski definition) is 4. The van der Waals surface area contributed by atoms with E-state index in [1.165, 1.54) is 17.9 Å². The zero-order valence-electron chi connectivity index (χ0n) is 12.7. The summed E-state index contributed by atoms with van der Waals surface area (Å²) in [7, 11) is 1.51. The summed E-state index contributed by atoms with van der Waals surface area (Å²) in [5.41, 5.74) is 2.94. The standard InChI is InChI=1S/C16H14F2N4O2/c1-24-11-4-5-12-14(7-11)22(21-15(12)16(23)20-19)8-9-2-3-10(17)6-13(9)18/h2-7H,8,19H2,1H3,(H,20,23). The Labute approximate surface area is 135 Å². The molecule has 0 atom stereocenters. The predicted molar refractivity (Wildman–Crippen MR) is 83.4 cm³/mol. The van der Waals surface area contributed by atoms with E-state index in [1.807, 2.05) is 5.43 Å². The van der Waals surface area contributed by atoms with Crippen molar-refractivity contribution < 1.29 is 18.3 Å². The van der Waals surface area contributed by atoms with Crippen LogP contribution in [0.5, 0.6) is 5.75 Å². The molecular formula is C16H14F2N4O2. The summed E-state index contributed by atoms with van der Waals surface area (Å²) in [6.07, 6.45) is 0. The molecule has 124 valence electrons. The highest BCUT2D eigenvalue weighted by Crippen LogP contribution is 2.25. The van der Waals surface area contributed by atoms with E-state index in [4.69, 9.17) is 10.6 Å². The first-order chi connectivity index (χ1) is 11.5. The van der Waals surface area contributed by atoms with E-state index in [0.717, 1.165) is 12.1 Å². The van der Waals surface area contributed by atoms with E-state index in [9.17, 15) is 13.6 Å². The van der Waals surface area contributed by atoms with E-state index in [0.29, 0.717) is 16.7 Å². The molecule has 0 radical (unpaired) electrons. The molecule has 0 bridgehead atoms. The van der Waals surface area contributed by atoms with Crippen LogP contribution in [0.1, 0.15) is 16.1 Å². The van der Waals surface area contributed by atoms with Crippen LogP contribution in [-0.4, -0.2) is 22.8 Å². The SMILES string of the molecule is COc1ccc2c(C(=O)NN)nn(Cc3ccc(F)cc3F)c2c1. The maximum atomic E-state index is 13.9. The zero-order valence-corrected chi connectivity index (χ0v) is 12.7. The highest BCUT2D eigenvalue weighted by Gasteiger charge is 2.18. The van der Waals surface area contributed by atoms with Gasteiger partial charge in [0.15, 0.2) is 5.69 Å². The molecule has 8 heteroatoms. The molecule has 1 amide bonds. The van der Waals surface area contributed by atoms with Crippen LogP contribution >= 0.6 is 0 Å². The summed E-state index contributed by atoms with van der Waals surface area (Å²) in [6, 6.07) is 8.33. The Morgan fingerprint density at radius 3 is 2.75 bits per heavy atom. The number of benzene rings is 2. The average Bonchev–Trinajstić information content (AvgIpc) is 2.94. The van der Waals surface area contributed by atoms with Crippen molar-refractivity contribution >= 4 is 16.8 Å². The first-order valence-electron chi connectivity index (χ1n) is 7.03. The number of nitrogens with zero attached hydrogens (tertiary/aromatic N) is 2. The van der Waals surface area contributed by atoms with Gasteiger partial charge in [0, 0.05) is 23.1 Å². The number of rotatable bonds is 4. The van der Waals surface area contributed by atoms with Crippen molar-refractivity contribution in [3.63, 3.8) is 0 Å². The van der Waals surface area contributed by atoms with Gasteiger partial charge in [-0.05, 0) is 18.2 Å². The van der Waals surface area contributed by atoms with Gasteiger partial charge >= 0.3 is 0 Å². The van der Waals surface area contributed by atoms with Gasteiger partial charge in [-0.3, -0.25) is 14.9 Å². The zero-order chi connectivity index (χ0) is 17.3. The second-order valence-corrected chi connectivity index (χ2v) is 5.10. The van der Waals surface area contributed by atoms with Crippen LogP contribution in [0.4, 0.5) is 8.78 Å².